The number of nitrogens with zero attached hydrogens (tertiary/aromatic N) is 3. The van der Waals surface area contributed by atoms with Crippen LogP contribution in [0.1, 0.15) is 10.4 Å². The number of carbonyl (C=O) groups is 1. The Morgan fingerprint density at radius 1 is 1.15 bits per heavy atom. The Morgan fingerprint density at radius 2 is 1.85 bits per heavy atom. The van der Waals surface area contributed by atoms with Gasteiger partial charge in [-0.25, -0.2) is 0 Å². The minimum absolute atomic E-state index is 0.0695. The number of hydrogen-bond donors (Lipinski definition) is 1. The van der Waals surface area contributed by atoms with Crippen LogP contribution in [0.2, 0.25) is 0 Å². The molecule has 1 saturated heterocycles. The molecule has 142 valence electrons. The first kappa shape index (κ1) is 19.2. The van der Waals surface area contributed by atoms with Gasteiger partial charge in [-0.1, -0.05) is 12.1 Å². The molecule has 1 N–H and O–H groups in total. The topological polar surface area (TPSA) is 78.7 Å². The van der Waals surface area contributed by atoms with Gasteiger partial charge in [0.05, 0.1) is 16.3 Å². The van der Waals surface area contributed by atoms with Gasteiger partial charge >= 0.3 is 0 Å². The second kappa shape index (κ2) is 8.41. The van der Waals surface area contributed by atoms with E-state index >= 15 is 0 Å². The predicted molar refractivity (Wildman–Crippen MR) is 109 cm³/mol. The molecule has 3 rings (SSSR count). The average Bonchev–Trinajstić information content (AvgIpc) is 2.68. The van der Waals surface area contributed by atoms with Crippen LogP contribution in [0.5, 0.6) is 0 Å². The van der Waals surface area contributed by atoms with Crippen molar-refractivity contribution in [1.29, 1.82) is 0 Å². The van der Waals surface area contributed by atoms with E-state index in [9.17, 15) is 14.9 Å². The largest absolute Gasteiger partial charge is 0.367 e. The Balaban J connectivity index is 1.88. The maximum absolute atomic E-state index is 12.8. The maximum Gasteiger partial charge on any atom is 0.282 e. The van der Waals surface area contributed by atoms with Crippen molar-refractivity contribution in [2.45, 2.75) is 4.90 Å². The third-order valence-electron chi connectivity index (χ3n) is 4.64. The highest BCUT2D eigenvalue weighted by Gasteiger charge is 2.23. The van der Waals surface area contributed by atoms with Crippen LogP contribution in [0.15, 0.2) is 47.4 Å². The number of nitro groups is 1. The highest BCUT2D eigenvalue weighted by molar-refractivity contribution is 7.98. The Bertz CT molecular complexity index is 851. The van der Waals surface area contributed by atoms with Crippen molar-refractivity contribution in [3.63, 3.8) is 0 Å². The van der Waals surface area contributed by atoms with E-state index in [1.165, 1.54) is 17.8 Å². The Hall–Kier alpha value is -2.58. The van der Waals surface area contributed by atoms with Crippen LogP contribution >= 0.6 is 11.8 Å². The smallest absolute Gasteiger partial charge is 0.282 e. The summed E-state index contributed by atoms with van der Waals surface area (Å²) >= 11 is 1.44. The summed E-state index contributed by atoms with van der Waals surface area (Å²) in [6, 6.07) is 12.2. The molecule has 7 nitrogen and oxygen atoms in total. The first-order valence-corrected chi connectivity index (χ1v) is 9.88. The SMILES string of the molecule is CSc1ccc([N+](=O)[O-])c(C(=O)Nc2ccccc2N2CCN(C)CC2)c1. The summed E-state index contributed by atoms with van der Waals surface area (Å²) in [4.78, 5) is 28.9. The monoisotopic (exact) mass is 386 g/mol. The molecule has 0 saturated carbocycles. The number of nitrogens with one attached hydrogen (secondary N) is 1. The summed E-state index contributed by atoms with van der Waals surface area (Å²) in [5.74, 6) is -0.473. The molecule has 0 spiro atoms. The molecule has 27 heavy (non-hydrogen) atoms. The van der Waals surface area contributed by atoms with Crippen LogP contribution < -0.4 is 10.2 Å². The highest BCUT2D eigenvalue weighted by Crippen LogP contribution is 2.29. The van der Waals surface area contributed by atoms with Gasteiger partial charge in [-0.15, -0.1) is 11.8 Å². The van der Waals surface area contributed by atoms with E-state index in [0.717, 1.165) is 36.8 Å². The molecule has 0 aromatic heterocycles. The zero-order chi connectivity index (χ0) is 19.4. The van der Waals surface area contributed by atoms with Gasteiger partial charge in [-0.2, -0.15) is 0 Å². The van der Waals surface area contributed by atoms with Gasteiger partial charge in [0.1, 0.15) is 5.56 Å². The first-order valence-electron chi connectivity index (χ1n) is 8.66. The highest BCUT2D eigenvalue weighted by atomic mass is 32.2. The molecule has 2 aromatic carbocycles. The molecule has 8 heteroatoms. The fourth-order valence-electron chi connectivity index (χ4n) is 3.08. The van der Waals surface area contributed by atoms with E-state index in [0.29, 0.717) is 5.69 Å². The third kappa shape index (κ3) is 4.40. The Labute approximate surface area is 162 Å². The first-order chi connectivity index (χ1) is 13.0. The molecule has 1 fully saturated rings. The van der Waals surface area contributed by atoms with Gasteiger partial charge in [0.25, 0.3) is 11.6 Å². The molecule has 0 bridgehead atoms. The summed E-state index contributed by atoms with van der Waals surface area (Å²) in [5, 5.41) is 14.2. The minimum Gasteiger partial charge on any atom is -0.367 e. The minimum atomic E-state index is -0.522. The molecule has 0 radical (unpaired) electrons. The van der Waals surface area contributed by atoms with Crippen LogP contribution in [0.4, 0.5) is 17.1 Å². The Morgan fingerprint density at radius 3 is 2.52 bits per heavy atom. The van der Waals surface area contributed by atoms with Gasteiger partial charge in [-0.3, -0.25) is 14.9 Å². The molecular weight excluding hydrogens is 364 g/mol. The zero-order valence-electron chi connectivity index (χ0n) is 15.3. The molecule has 1 heterocycles. The number of carbonyl (C=O) groups excluding carboxylic acids is 1. The lowest BCUT2D eigenvalue weighted by atomic mass is 10.1. The number of hydrogen-bond acceptors (Lipinski definition) is 6. The number of amides is 1. The number of rotatable bonds is 5. The van der Waals surface area contributed by atoms with Crippen LogP contribution in [0, 0.1) is 10.1 Å². The van der Waals surface area contributed by atoms with Crippen molar-refractivity contribution in [2.75, 3.05) is 49.7 Å². The summed E-state index contributed by atoms with van der Waals surface area (Å²) in [5.41, 5.74) is 1.47. The van der Waals surface area contributed by atoms with E-state index in [1.54, 1.807) is 12.1 Å². The van der Waals surface area contributed by atoms with E-state index < -0.39 is 10.8 Å². The molecule has 0 unspecified atom stereocenters. The molecule has 0 atom stereocenters. The van der Waals surface area contributed by atoms with Crippen molar-refractivity contribution in [3.05, 3.63) is 58.1 Å². The lowest BCUT2D eigenvalue weighted by Crippen LogP contribution is -2.44. The maximum atomic E-state index is 12.8. The van der Waals surface area contributed by atoms with Crippen molar-refractivity contribution in [3.8, 4) is 0 Å². The number of benzene rings is 2. The van der Waals surface area contributed by atoms with Gasteiger partial charge in [0, 0.05) is 37.1 Å². The fourth-order valence-corrected chi connectivity index (χ4v) is 3.52. The van der Waals surface area contributed by atoms with Gasteiger partial charge in [0.2, 0.25) is 0 Å². The van der Waals surface area contributed by atoms with Crippen molar-refractivity contribution >= 4 is 34.7 Å². The molecule has 1 aliphatic heterocycles. The summed E-state index contributed by atoms with van der Waals surface area (Å²) in [7, 11) is 2.09. The molecule has 1 amide bonds. The molecule has 2 aromatic rings. The Kier molecular flexibility index (Phi) is 5.98. The van der Waals surface area contributed by atoms with Crippen LogP contribution in [-0.2, 0) is 0 Å². The van der Waals surface area contributed by atoms with Crippen molar-refractivity contribution in [2.24, 2.45) is 0 Å². The number of anilines is 2. The molecular formula is C19H22N4O3S. The van der Waals surface area contributed by atoms with Gasteiger partial charge in [-0.05, 0) is 37.6 Å². The van der Waals surface area contributed by atoms with E-state index in [1.807, 2.05) is 30.5 Å². The number of piperazine rings is 1. The molecule has 0 aliphatic carbocycles. The van der Waals surface area contributed by atoms with E-state index in [2.05, 4.69) is 22.2 Å². The number of likely N-dealkylation sites (N-methyl/N-ethyl adjacent to an activating group) is 1. The lowest BCUT2D eigenvalue weighted by Gasteiger charge is -2.35. The average molecular weight is 386 g/mol. The molecule has 1 aliphatic rings. The normalized spacial score (nSPS) is 14.8. The van der Waals surface area contributed by atoms with Crippen LogP contribution in [0.25, 0.3) is 0 Å². The van der Waals surface area contributed by atoms with E-state index in [4.69, 9.17) is 0 Å². The number of thioether (sulfide) groups is 1. The second-order valence-corrected chi connectivity index (χ2v) is 7.28. The number of para-hydroxylation sites is 2. The fraction of sp³-hybridized carbons (Fsp3) is 0.316. The van der Waals surface area contributed by atoms with Crippen LogP contribution in [-0.4, -0.2) is 55.2 Å². The van der Waals surface area contributed by atoms with Crippen molar-refractivity contribution < 1.29 is 9.72 Å². The van der Waals surface area contributed by atoms with Crippen LogP contribution in [0.3, 0.4) is 0 Å². The van der Waals surface area contributed by atoms with E-state index in [-0.39, 0.29) is 11.3 Å². The standard InChI is InChI=1S/C19H22N4O3S/c1-21-9-11-22(12-10-21)18-6-4-3-5-16(18)20-19(24)15-13-14(27-2)7-8-17(15)23(25)26/h3-8,13H,9-12H2,1-2H3,(H,20,24). The second-order valence-electron chi connectivity index (χ2n) is 6.40. The summed E-state index contributed by atoms with van der Waals surface area (Å²) in [6.07, 6.45) is 1.87. The van der Waals surface area contributed by atoms with Crippen molar-refractivity contribution in [1.82, 2.24) is 4.90 Å². The lowest BCUT2D eigenvalue weighted by molar-refractivity contribution is -0.385. The van der Waals surface area contributed by atoms with Gasteiger partial charge in [0.15, 0.2) is 0 Å². The number of nitro benzene ring substituents is 1. The van der Waals surface area contributed by atoms with Gasteiger partial charge < -0.3 is 15.1 Å². The zero-order valence-corrected chi connectivity index (χ0v) is 16.2. The third-order valence-corrected chi connectivity index (χ3v) is 5.37. The summed E-state index contributed by atoms with van der Waals surface area (Å²) in [6.45, 7) is 3.63. The summed E-state index contributed by atoms with van der Waals surface area (Å²) < 4.78 is 0. The quantitative estimate of drug-likeness (QED) is 0.482. The predicted octanol–water partition coefficient (Wildman–Crippen LogP) is 3.32.